The summed E-state index contributed by atoms with van der Waals surface area (Å²) in [4.78, 5) is 21.4. The predicted molar refractivity (Wildman–Crippen MR) is 119 cm³/mol. The summed E-state index contributed by atoms with van der Waals surface area (Å²) < 4.78 is 0. The van der Waals surface area contributed by atoms with Crippen molar-refractivity contribution in [2.24, 2.45) is 0 Å². The van der Waals surface area contributed by atoms with E-state index in [1.807, 2.05) is 54.6 Å². The SMILES string of the molecule is N#Cc1cccc2c1CC[C@H]2NC(=O)c1ccc(Nc2ncnc3ccccc23)cc1. The van der Waals surface area contributed by atoms with E-state index in [1.165, 1.54) is 6.33 Å². The number of para-hydroxylation sites is 1. The molecular weight excluding hydrogens is 386 g/mol. The Hall–Kier alpha value is -4.24. The van der Waals surface area contributed by atoms with E-state index in [4.69, 9.17) is 0 Å². The molecule has 0 saturated heterocycles. The smallest absolute Gasteiger partial charge is 0.251 e. The number of aromatic nitrogens is 2. The van der Waals surface area contributed by atoms with Crippen LogP contribution in [0.25, 0.3) is 10.9 Å². The molecule has 1 aliphatic rings. The van der Waals surface area contributed by atoms with Gasteiger partial charge in [0.2, 0.25) is 0 Å². The topological polar surface area (TPSA) is 90.7 Å². The largest absolute Gasteiger partial charge is 0.345 e. The van der Waals surface area contributed by atoms with E-state index >= 15 is 0 Å². The van der Waals surface area contributed by atoms with E-state index in [1.54, 1.807) is 12.1 Å². The van der Waals surface area contributed by atoms with Gasteiger partial charge in [0.25, 0.3) is 5.91 Å². The maximum atomic E-state index is 12.8. The predicted octanol–water partition coefficient (Wildman–Crippen LogP) is 4.66. The number of rotatable bonds is 4. The Morgan fingerprint density at radius 3 is 2.68 bits per heavy atom. The van der Waals surface area contributed by atoms with Crippen molar-refractivity contribution in [2.45, 2.75) is 18.9 Å². The molecule has 2 N–H and O–H groups in total. The molecule has 0 saturated carbocycles. The van der Waals surface area contributed by atoms with Crippen molar-refractivity contribution >= 4 is 28.3 Å². The maximum Gasteiger partial charge on any atom is 0.251 e. The van der Waals surface area contributed by atoms with Crippen molar-refractivity contribution < 1.29 is 4.79 Å². The highest BCUT2D eigenvalue weighted by Crippen LogP contribution is 2.33. The third-order valence-corrected chi connectivity index (χ3v) is 5.65. The van der Waals surface area contributed by atoms with Crippen LogP contribution in [0.2, 0.25) is 0 Å². The Labute approximate surface area is 179 Å². The number of carbonyl (C=O) groups is 1. The molecular formula is C25H19N5O. The fourth-order valence-electron chi connectivity index (χ4n) is 4.10. The van der Waals surface area contributed by atoms with E-state index in [0.717, 1.165) is 46.4 Å². The third-order valence-electron chi connectivity index (χ3n) is 5.65. The van der Waals surface area contributed by atoms with E-state index in [-0.39, 0.29) is 11.9 Å². The van der Waals surface area contributed by atoms with Crippen LogP contribution in [-0.4, -0.2) is 15.9 Å². The van der Waals surface area contributed by atoms with E-state index in [2.05, 4.69) is 26.7 Å². The monoisotopic (exact) mass is 405 g/mol. The summed E-state index contributed by atoms with van der Waals surface area (Å²) in [6.07, 6.45) is 3.14. The molecule has 31 heavy (non-hydrogen) atoms. The van der Waals surface area contributed by atoms with Gasteiger partial charge in [-0.1, -0.05) is 24.3 Å². The minimum atomic E-state index is -0.126. The molecule has 1 aliphatic carbocycles. The molecule has 1 heterocycles. The van der Waals surface area contributed by atoms with Crippen LogP contribution in [0.1, 0.15) is 39.5 Å². The molecule has 6 heteroatoms. The maximum absolute atomic E-state index is 12.8. The second-order valence-electron chi connectivity index (χ2n) is 7.49. The van der Waals surface area contributed by atoms with Crippen molar-refractivity contribution in [1.82, 2.24) is 15.3 Å². The molecule has 5 rings (SSSR count). The second kappa shape index (κ2) is 7.88. The fourth-order valence-corrected chi connectivity index (χ4v) is 4.10. The summed E-state index contributed by atoms with van der Waals surface area (Å²) in [5.74, 6) is 0.595. The van der Waals surface area contributed by atoms with Gasteiger partial charge in [-0.3, -0.25) is 4.79 Å². The van der Waals surface area contributed by atoms with Crippen LogP contribution in [0.4, 0.5) is 11.5 Å². The summed E-state index contributed by atoms with van der Waals surface area (Å²) in [7, 11) is 0. The molecule has 1 atom stereocenters. The average molecular weight is 405 g/mol. The standard InChI is InChI=1S/C25H19N5O/c26-14-17-4-3-6-20-19(17)12-13-23(20)30-25(31)16-8-10-18(11-9-16)29-24-21-5-1-2-7-22(21)27-15-28-24/h1-11,15,23H,12-13H2,(H,30,31)(H,27,28,29)/t23-/m1/s1. The fraction of sp³-hybridized carbons (Fsp3) is 0.120. The highest BCUT2D eigenvalue weighted by molar-refractivity contribution is 5.95. The number of nitriles is 1. The minimum absolute atomic E-state index is 0.0685. The lowest BCUT2D eigenvalue weighted by molar-refractivity contribution is 0.0936. The molecule has 0 radical (unpaired) electrons. The Morgan fingerprint density at radius 2 is 1.84 bits per heavy atom. The third kappa shape index (κ3) is 3.58. The number of carbonyl (C=O) groups excluding carboxylic acids is 1. The van der Waals surface area contributed by atoms with Crippen molar-refractivity contribution in [2.75, 3.05) is 5.32 Å². The molecule has 0 fully saturated rings. The van der Waals surface area contributed by atoms with Crippen molar-refractivity contribution in [1.29, 1.82) is 5.26 Å². The Kier molecular flexibility index (Phi) is 4.77. The lowest BCUT2D eigenvalue weighted by Crippen LogP contribution is -2.27. The van der Waals surface area contributed by atoms with Crippen LogP contribution in [0.5, 0.6) is 0 Å². The van der Waals surface area contributed by atoms with E-state index < -0.39 is 0 Å². The van der Waals surface area contributed by atoms with Gasteiger partial charge in [0.05, 0.1) is 23.2 Å². The van der Waals surface area contributed by atoms with Gasteiger partial charge in [0, 0.05) is 16.6 Å². The summed E-state index contributed by atoms with van der Waals surface area (Å²) in [6.45, 7) is 0. The lowest BCUT2D eigenvalue weighted by atomic mass is 10.0. The number of hydrogen-bond acceptors (Lipinski definition) is 5. The number of nitrogens with one attached hydrogen (secondary N) is 2. The van der Waals surface area contributed by atoms with Crippen LogP contribution >= 0.6 is 0 Å². The van der Waals surface area contributed by atoms with E-state index in [0.29, 0.717) is 11.1 Å². The number of benzene rings is 3. The first-order valence-electron chi connectivity index (χ1n) is 10.1. The number of hydrogen-bond donors (Lipinski definition) is 2. The van der Waals surface area contributed by atoms with Crippen LogP contribution in [0.15, 0.2) is 73.1 Å². The van der Waals surface area contributed by atoms with Crippen molar-refractivity contribution in [3.8, 4) is 6.07 Å². The van der Waals surface area contributed by atoms with Gasteiger partial charge in [-0.25, -0.2) is 9.97 Å². The Bertz CT molecular complexity index is 1320. The molecule has 0 spiro atoms. The van der Waals surface area contributed by atoms with Crippen LogP contribution in [-0.2, 0) is 6.42 Å². The molecule has 3 aromatic carbocycles. The first-order chi connectivity index (χ1) is 15.2. The van der Waals surface area contributed by atoms with Gasteiger partial charge < -0.3 is 10.6 Å². The quantitative estimate of drug-likeness (QED) is 0.515. The molecule has 0 aliphatic heterocycles. The summed E-state index contributed by atoms with van der Waals surface area (Å²) in [6, 6.07) is 23.0. The first-order valence-corrected chi connectivity index (χ1v) is 10.1. The van der Waals surface area contributed by atoms with E-state index in [9.17, 15) is 10.1 Å². The van der Waals surface area contributed by atoms with Crippen LogP contribution in [0.3, 0.4) is 0 Å². The number of anilines is 2. The van der Waals surface area contributed by atoms with Gasteiger partial charge in [0.15, 0.2) is 0 Å². The molecule has 0 bridgehead atoms. The average Bonchev–Trinajstić information content (AvgIpc) is 3.22. The Balaban J connectivity index is 1.31. The van der Waals surface area contributed by atoms with Gasteiger partial charge >= 0.3 is 0 Å². The number of fused-ring (bicyclic) bond motifs is 2. The van der Waals surface area contributed by atoms with Crippen molar-refractivity contribution in [3.63, 3.8) is 0 Å². The summed E-state index contributed by atoms with van der Waals surface area (Å²) >= 11 is 0. The lowest BCUT2D eigenvalue weighted by Gasteiger charge is -2.15. The van der Waals surface area contributed by atoms with Gasteiger partial charge in [0.1, 0.15) is 12.1 Å². The second-order valence-corrected chi connectivity index (χ2v) is 7.49. The minimum Gasteiger partial charge on any atom is -0.345 e. The van der Waals surface area contributed by atoms with Crippen LogP contribution in [0, 0.1) is 11.3 Å². The molecule has 1 amide bonds. The summed E-state index contributed by atoms with van der Waals surface area (Å²) in [5.41, 5.74) is 5.08. The first kappa shape index (κ1) is 18.8. The Morgan fingerprint density at radius 1 is 1.00 bits per heavy atom. The summed E-state index contributed by atoms with van der Waals surface area (Å²) in [5, 5.41) is 16.6. The molecule has 4 aromatic rings. The van der Waals surface area contributed by atoms with Gasteiger partial charge in [-0.05, 0) is 66.4 Å². The highest BCUT2D eigenvalue weighted by Gasteiger charge is 2.26. The number of amides is 1. The zero-order chi connectivity index (χ0) is 21.2. The van der Waals surface area contributed by atoms with Crippen LogP contribution < -0.4 is 10.6 Å². The highest BCUT2D eigenvalue weighted by atomic mass is 16.1. The normalized spacial score (nSPS) is 14.6. The van der Waals surface area contributed by atoms with Crippen molar-refractivity contribution in [3.05, 3.63) is 95.3 Å². The zero-order valence-electron chi connectivity index (χ0n) is 16.7. The number of nitrogens with zero attached hydrogens (tertiary/aromatic N) is 3. The van der Waals surface area contributed by atoms with Gasteiger partial charge in [-0.2, -0.15) is 5.26 Å². The molecule has 0 unspecified atom stereocenters. The molecule has 150 valence electrons. The van der Waals surface area contributed by atoms with Gasteiger partial charge in [-0.15, -0.1) is 0 Å². The molecule has 1 aromatic heterocycles. The zero-order valence-corrected chi connectivity index (χ0v) is 16.7. The molecule has 6 nitrogen and oxygen atoms in total.